The molecule has 0 radical (unpaired) electrons. The highest BCUT2D eigenvalue weighted by molar-refractivity contribution is 5.66. The number of halogens is 3. The second-order valence-corrected chi connectivity index (χ2v) is 6.68. The van der Waals surface area contributed by atoms with Gasteiger partial charge >= 0.3 is 0 Å². The standard InChI is InChI=1S/C20H19F3N6O/c21-15-4-2-14(9-16(15)22)26-19-17(23)11-24-20(28-19)27-13-3-5-18-12(8-13)10-25-29(18)6-1-7-30/h2-5,8-9,11,25,30H,1,6-7,10H2,(H2,24,26,27,28). The molecule has 0 aliphatic carbocycles. The molecule has 2 heterocycles. The van der Waals surface area contributed by atoms with E-state index in [0.29, 0.717) is 25.2 Å². The van der Waals surface area contributed by atoms with E-state index in [1.165, 1.54) is 6.07 Å². The van der Waals surface area contributed by atoms with Crippen molar-refractivity contribution < 1.29 is 18.3 Å². The van der Waals surface area contributed by atoms with Crippen LogP contribution in [0.15, 0.2) is 42.6 Å². The van der Waals surface area contributed by atoms with Crippen LogP contribution in [0.2, 0.25) is 0 Å². The van der Waals surface area contributed by atoms with Gasteiger partial charge in [0.1, 0.15) is 0 Å². The van der Waals surface area contributed by atoms with Gasteiger partial charge in [-0.25, -0.2) is 23.6 Å². The summed E-state index contributed by atoms with van der Waals surface area (Å²) in [7, 11) is 0. The van der Waals surface area contributed by atoms with Crippen LogP contribution in [0.1, 0.15) is 12.0 Å². The maximum absolute atomic E-state index is 14.1. The smallest absolute Gasteiger partial charge is 0.229 e. The number of aliphatic hydroxyl groups excluding tert-OH is 1. The third-order valence-corrected chi connectivity index (χ3v) is 4.55. The van der Waals surface area contributed by atoms with Gasteiger partial charge in [0.25, 0.3) is 0 Å². The normalized spacial score (nSPS) is 12.7. The summed E-state index contributed by atoms with van der Waals surface area (Å²) in [6, 6.07) is 8.84. The number of fused-ring (bicyclic) bond motifs is 1. The number of hydrogen-bond acceptors (Lipinski definition) is 7. The molecule has 0 unspecified atom stereocenters. The van der Waals surface area contributed by atoms with Crippen LogP contribution in [-0.4, -0.2) is 28.2 Å². The number of benzene rings is 2. The van der Waals surface area contributed by atoms with Crippen molar-refractivity contribution in [3.8, 4) is 0 Å². The number of aromatic nitrogens is 2. The van der Waals surface area contributed by atoms with Gasteiger partial charge in [-0.15, -0.1) is 0 Å². The largest absolute Gasteiger partial charge is 0.396 e. The van der Waals surface area contributed by atoms with Crippen molar-refractivity contribution in [2.75, 3.05) is 28.8 Å². The highest BCUT2D eigenvalue weighted by Crippen LogP contribution is 2.29. The van der Waals surface area contributed by atoms with Crippen molar-refractivity contribution >= 4 is 28.8 Å². The van der Waals surface area contributed by atoms with E-state index in [1.807, 2.05) is 23.2 Å². The molecule has 4 rings (SSSR count). The van der Waals surface area contributed by atoms with Gasteiger partial charge < -0.3 is 20.7 Å². The van der Waals surface area contributed by atoms with E-state index in [-0.39, 0.29) is 24.1 Å². The molecule has 1 aliphatic rings. The summed E-state index contributed by atoms with van der Waals surface area (Å²) in [5.74, 6) is -2.80. The summed E-state index contributed by atoms with van der Waals surface area (Å²) in [6.07, 6.45) is 1.65. The summed E-state index contributed by atoms with van der Waals surface area (Å²) in [4.78, 5) is 8.02. The monoisotopic (exact) mass is 416 g/mol. The van der Waals surface area contributed by atoms with Gasteiger partial charge in [0.2, 0.25) is 5.95 Å². The summed E-state index contributed by atoms with van der Waals surface area (Å²) in [5.41, 5.74) is 6.19. The van der Waals surface area contributed by atoms with Crippen molar-refractivity contribution in [2.45, 2.75) is 13.0 Å². The van der Waals surface area contributed by atoms with Crippen LogP contribution in [-0.2, 0) is 6.54 Å². The molecule has 3 aromatic rings. The van der Waals surface area contributed by atoms with E-state index in [0.717, 1.165) is 29.6 Å². The molecular formula is C20H19F3N6O. The lowest BCUT2D eigenvalue weighted by atomic mass is 10.1. The minimum Gasteiger partial charge on any atom is -0.396 e. The Morgan fingerprint density at radius 2 is 1.80 bits per heavy atom. The zero-order valence-electron chi connectivity index (χ0n) is 15.8. The molecule has 2 aromatic carbocycles. The van der Waals surface area contributed by atoms with Crippen LogP contribution < -0.4 is 21.1 Å². The van der Waals surface area contributed by atoms with Gasteiger partial charge in [-0.2, -0.15) is 4.98 Å². The zero-order valence-corrected chi connectivity index (χ0v) is 15.8. The molecule has 4 N–H and O–H groups in total. The molecule has 156 valence electrons. The van der Waals surface area contributed by atoms with E-state index in [2.05, 4.69) is 26.0 Å². The highest BCUT2D eigenvalue weighted by Gasteiger charge is 2.18. The van der Waals surface area contributed by atoms with E-state index < -0.39 is 17.5 Å². The Labute approximate surface area is 170 Å². The van der Waals surface area contributed by atoms with Crippen LogP contribution in [0.25, 0.3) is 0 Å². The van der Waals surface area contributed by atoms with Gasteiger partial charge in [-0.1, -0.05) is 0 Å². The summed E-state index contributed by atoms with van der Waals surface area (Å²) in [5, 5.41) is 16.6. The third-order valence-electron chi connectivity index (χ3n) is 4.55. The lowest BCUT2D eigenvalue weighted by molar-refractivity contribution is 0.288. The number of nitrogens with zero attached hydrogens (tertiary/aromatic N) is 3. The molecule has 0 fully saturated rings. The van der Waals surface area contributed by atoms with Crippen molar-refractivity contribution in [1.82, 2.24) is 15.4 Å². The first-order valence-electron chi connectivity index (χ1n) is 9.30. The Morgan fingerprint density at radius 1 is 1.00 bits per heavy atom. The molecule has 0 amide bonds. The minimum absolute atomic E-state index is 0.121. The summed E-state index contributed by atoms with van der Waals surface area (Å²) >= 11 is 0. The fourth-order valence-electron chi connectivity index (χ4n) is 3.12. The number of nitrogens with one attached hydrogen (secondary N) is 3. The number of anilines is 5. The Bertz CT molecular complexity index is 1060. The van der Waals surface area contributed by atoms with Crippen LogP contribution in [0.4, 0.5) is 42.0 Å². The van der Waals surface area contributed by atoms with Gasteiger partial charge in [0.05, 0.1) is 11.9 Å². The molecule has 0 saturated carbocycles. The maximum atomic E-state index is 14.1. The molecule has 1 aliphatic heterocycles. The van der Waals surface area contributed by atoms with Gasteiger partial charge in [0, 0.05) is 37.1 Å². The Morgan fingerprint density at radius 3 is 2.60 bits per heavy atom. The fourth-order valence-corrected chi connectivity index (χ4v) is 3.12. The first-order chi connectivity index (χ1) is 14.5. The van der Waals surface area contributed by atoms with Crippen molar-refractivity contribution in [2.24, 2.45) is 0 Å². The van der Waals surface area contributed by atoms with Crippen LogP contribution in [0.3, 0.4) is 0 Å². The molecule has 7 nitrogen and oxygen atoms in total. The average molecular weight is 416 g/mol. The number of aliphatic hydroxyl groups is 1. The Kier molecular flexibility index (Phi) is 5.68. The fraction of sp³-hybridized carbons (Fsp3) is 0.200. The lowest BCUT2D eigenvalue weighted by Gasteiger charge is -2.18. The Hall–Kier alpha value is -3.37. The second kappa shape index (κ2) is 8.56. The van der Waals surface area contributed by atoms with Gasteiger partial charge in [-0.05, 0) is 42.3 Å². The molecule has 10 heteroatoms. The third kappa shape index (κ3) is 4.29. The quantitative estimate of drug-likeness (QED) is 0.468. The number of hydrazine groups is 1. The molecule has 0 bridgehead atoms. The van der Waals surface area contributed by atoms with E-state index in [1.54, 1.807) is 0 Å². The van der Waals surface area contributed by atoms with Crippen LogP contribution in [0, 0.1) is 17.5 Å². The molecular weight excluding hydrogens is 397 g/mol. The van der Waals surface area contributed by atoms with E-state index >= 15 is 0 Å². The maximum Gasteiger partial charge on any atom is 0.229 e. The van der Waals surface area contributed by atoms with Gasteiger partial charge in [0.15, 0.2) is 23.3 Å². The molecule has 0 saturated heterocycles. The molecule has 0 spiro atoms. The van der Waals surface area contributed by atoms with Crippen LogP contribution >= 0.6 is 0 Å². The lowest BCUT2D eigenvalue weighted by Crippen LogP contribution is -2.33. The Balaban J connectivity index is 1.50. The van der Waals surface area contributed by atoms with Crippen molar-refractivity contribution in [3.63, 3.8) is 0 Å². The van der Waals surface area contributed by atoms with E-state index in [4.69, 9.17) is 5.11 Å². The zero-order chi connectivity index (χ0) is 21.1. The topological polar surface area (TPSA) is 85.3 Å². The number of hydrogen-bond donors (Lipinski definition) is 4. The molecule has 0 atom stereocenters. The molecule has 30 heavy (non-hydrogen) atoms. The minimum atomic E-state index is -1.05. The summed E-state index contributed by atoms with van der Waals surface area (Å²) in [6.45, 7) is 1.45. The predicted octanol–water partition coefficient (Wildman–Crippen LogP) is 3.59. The first-order valence-corrected chi connectivity index (χ1v) is 9.30. The van der Waals surface area contributed by atoms with Crippen LogP contribution in [0.5, 0.6) is 0 Å². The van der Waals surface area contributed by atoms with Gasteiger partial charge in [-0.3, -0.25) is 0 Å². The average Bonchev–Trinajstić information content (AvgIpc) is 3.14. The summed E-state index contributed by atoms with van der Waals surface area (Å²) < 4.78 is 40.5. The first kappa shape index (κ1) is 19.9. The molecule has 1 aromatic heterocycles. The van der Waals surface area contributed by atoms with Crippen molar-refractivity contribution in [3.05, 3.63) is 65.6 Å². The van der Waals surface area contributed by atoms with E-state index in [9.17, 15) is 13.2 Å². The highest BCUT2D eigenvalue weighted by atomic mass is 19.2. The predicted molar refractivity (Wildman–Crippen MR) is 107 cm³/mol. The number of rotatable bonds is 7. The SMILES string of the molecule is OCCCN1NCc2cc(Nc3ncc(F)c(Nc4ccc(F)c(F)c4)n3)ccc21. The van der Waals surface area contributed by atoms with Crippen molar-refractivity contribution in [1.29, 1.82) is 0 Å². The second-order valence-electron chi connectivity index (χ2n) is 6.68.